The van der Waals surface area contributed by atoms with Gasteiger partial charge in [0.15, 0.2) is 0 Å². The Morgan fingerprint density at radius 3 is 2.86 bits per heavy atom. The highest BCUT2D eigenvalue weighted by molar-refractivity contribution is 5.00. The fourth-order valence-electron chi connectivity index (χ4n) is 1.90. The maximum atomic E-state index is 5.74. The van der Waals surface area contributed by atoms with Crippen molar-refractivity contribution in [3.63, 3.8) is 0 Å². The molecule has 0 radical (unpaired) electrons. The van der Waals surface area contributed by atoms with Crippen LogP contribution in [0.25, 0.3) is 0 Å². The fraction of sp³-hybridized carbons (Fsp3) is 0.636. The minimum Gasteiger partial charge on any atom is -0.468 e. The topological polar surface area (TPSA) is 42.4 Å². The third kappa shape index (κ3) is 2.16. The molecule has 0 spiro atoms. The van der Waals surface area contributed by atoms with Gasteiger partial charge in [0.25, 0.3) is 0 Å². The van der Waals surface area contributed by atoms with E-state index in [1.54, 1.807) is 6.26 Å². The van der Waals surface area contributed by atoms with E-state index in [2.05, 4.69) is 11.9 Å². The smallest absolute Gasteiger partial charge is 0.117 e. The average molecular weight is 194 g/mol. The van der Waals surface area contributed by atoms with Gasteiger partial charge in [-0.05, 0) is 44.0 Å². The van der Waals surface area contributed by atoms with E-state index in [0.717, 1.165) is 25.4 Å². The number of hydrogen-bond donors (Lipinski definition) is 1. The molecular weight excluding hydrogens is 176 g/mol. The van der Waals surface area contributed by atoms with Gasteiger partial charge in [0.05, 0.1) is 12.8 Å². The van der Waals surface area contributed by atoms with E-state index in [9.17, 15) is 0 Å². The van der Waals surface area contributed by atoms with Gasteiger partial charge in [-0.2, -0.15) is 0 Å². The van der Waals surface area contributed by atoms with E-state index in [0.29, 0.717) is 5.41 Å². The van der Waals surface area contributed by atoms with Crippen LogP contribution in [0.15, 0.2) is 22.8 Å². The van der Waals surface area contributed by atoms with Crippen LogP contribution in [0.3, 0.4) is 0 Å². The lowest BCUT2D eigenvalue weighted by atomic mass is 10.1. The highest BCUT2D eigenvalue weighted by Crippen LogP contribution is 2.44. The van der Waals surface area contributed by atoms with Crippen molar-refractivity contribution in [2.24, 2.45) is 11.1 Å². The second-order valence-electron chi connectivity index (χ2n) is 4.46. The van der Waals surface area contributed by atoms with Crippen LogP contribution >= 0.6 is 0 Å². The highest BCUT2D eigenvalue weighted by Gasteiger charge is 2.41. The van der Waals surface area contributed by atoms with E-state index in [1.807, 2.05) is 12.1 Å². The molecule has 0 saturated heterocycles. The molecule has 1 aliphatic carbocycles. The Balaban J connectivity index is 1.82. The molecule has 0 atom stereocenters. The van der Waals surface area contributed by atoms with Crippen molar-refractivity contribution in [3.05, 3.63) is 24.2 Å². The molecule has 0 aromatic carbocycles. The van der Waals surface area contributed by atoms with Crippen molar-refractivity contribution in [3.8, 4) is 0 Å². The van der Waals surface area contributed by atoms with Gasteiger partial charge in [-0.25, -0.2) is 0 Å². The van der Waals surface area contributed by atoms with Gasteiger partial charge < -0.3 is 10.2 Å². The number of furan rings is 1. The predicted molar refractivity (Wildman–Crippen MR) is 55.8 cm³/mol. The highest BCUT2D eigenvalue weighted by atomic mass is 16.3. The Kier molecular flexibility index (Phi) is 2.61. The Labute approximate surface area is 84.9 Å². The van der Waals surface area contributed by atoms with Gasteiger partial charge >= 0.3 is 0 Å². The van der Waals surface area contributed by atoms with Crippen molar-refractivity contribution >= 4 is 0 Å². The molecule has 0 amide bonds. The van der Waals surface area contributed by atoms with Crippen molar-refractivity contribution in [2.45, 2.75) is 19.4 Å². The fourth-order valence-corrected chi connectivity index (χ4v) is 1.90. The first-order valence-corrected chi connectivity index (χ1v) is 5.15. The van der Waals surface area contributed by atoms with Crippen molar-refractivity contribution in [1.29, 1.82) is 0 Å². The summed E-state index contributed by atoms with van der Waals surface area (Å²) in [5.41, 5.74) is 6.16. The summed E-state index contributed by atoms with van der Waals surface area (Å²) in [7, 11) is 2.12. The summed E-state index contributed by atoms with van der Waals surface area (Å²) < 4.78 is 5.30. The zero-order valence-corrected chi connectivity index (χ0v) is 8.70. The maximum Gasteiger partial charge on any atom is 0.117 e. The summed E-state index contributed by atoms with van der Waals surface area (Å²) in [6, 6.07) is 3.94. The molecule has 3 heteroatoms. The predicted octanol–water partition coefficient (Wildman–Crippen LogP) is 1.45. The van der Waals surface area contributed by atoms with Crippen LogP contribution in [0.4, 0.5) is 0 Å². The zero-order chi connectivity index (χ0) is 10.0. The lowest BCUT2D eigenvalue weighted by Crippen LogP contribution is -2.31. The largest absolute Gasteiger partial charge is 0.468 e. The molecular formula is C11H18N2O. The average Bonchev–Trinajstić information content (AvgIpc) is 2.74. The number of nitrogens with zero attached hydrogens (tertiary/aromatic N) is 1. The minimum absolute atomic E-state index is 0.418. The molecule has 14 heavy (non-hydrogen) atoms. The Morgan fingerprint density at radius 1 is 1.57 bits per heavy atom. The van der Waals surface area contributed by atoms with Gasteiger partial charge in [-0.1, -0.05) is 0 Å². The standard InChI is InChI=1S/C11H18N2O/c1-13(7-10-3-2-6-14-10)9-11(8-12)4-5-11/h2-3,6H,4-5,7-9,12H2,1H3. The van der Waals surface area contributed by atoms with Crippen LogP contribution in [-0.2, 0) is 6.54 Å². The summed E-state index contributed by atoms with van der Waals surface area (Å²) in [5, 5.41) is 0. The van der Waals surface area contributed by atoms with E-state index in [-0.39, 0.29) is 0 Å². The monoisotopic (exact) mass is 194 g/mol. The van der Waals surface area contributed by atoms with Crippen LogP contribution in [0.1, 0.15) is 18.6 Å². The third-order valence-corrected chi connectivity index (χ3v) is 3.00. The first-order valence-electron chi connectivity index (χ1n) is 5.15. The molecule has 1 aromatic heterocycles. The van der Waals surface area contributed by atoms with Crippen LogP contribution in [0, 0.1) is 5.41 Å². The lowest BCUT2D eigenvalue weighted by molar-refractivity contribution is 0.241. The number of rotatable bonds is 5. The molecule has 78 valence electrons. The first-order chi connectivity index (χ1) is 6.74. The normalized spacial score (nSPS) is 18.8. The van der Waals surface area contributed by atoms with Crippen LogP contribution in [-0.4, -0.2) is 25.0 Å². The summed E-state index contributed by atoms with van der Waals surface area (Å²) >= 11 is 0. The lowest BCUT2D eigenvalue weighted by Gasteiger charge is -2.21. The van der Waals surface area contributed by atoms with E-state index in [1.165, 1.54) is 12.8 Å². The first kappa shape index (κ1) is 9.74. The maximum absolute atomic E-state index is 5.74. The summed E-state index contributed by atoms with van der Waals surface area (Å²) in [6.45, 7) is 2.79. The van der Waals surface area contributed by atoms with Gasteiger partial charge in [0, 0.05) is 6.54 Å². The molecule has 2 N–H and O–H groups in total. The quantitative estimate of drug-likeness (QED) is 0.771. The van der Waals surface area contributed by atoms with Gasteiger partial charge in [-0.3, -0.25) is 4.90 Å². The molecule has 0 unspecified atom stereocenters. The molecule has 1 saturated carbocycles. The molecule has 0 aliphatic heterocycles. The van der Waals surface area contributed by atoms with Crippen LogP contribution in [0.2, 0.25) is 0 Å². The number of hydrogen-bond acceptors (Lipinski definition) is 3. The zero-order valence-electron chi connectivity index (χ0n) is 8.70. The minimum atomic E-state index is 0.418. The van der Waals surface area contributed by atoms with Crippen molar-refractivity contribution in [2.75, 3.05) is 20.1 Å². The second kappa shape index (κ2) is 3.75. The summed E-state index contributed by atoms with van der Waals surface area (Å²) in [6.07, 6.45) is 4.29. The van der Waals surface area contributed by atoms with Crippen LogP contribution < -0.4 is 5.73 Å². The second-order valence-corrected chi connectivity index (χ2v) is 4.46. The Hall–Kier alpha value is -0.800. The molecule has 1 fully saturated rings. The van der Waals surface area contributed by atoms with Gasteiger partial charge in [0.2, 0.25) is 0 Å². The van der Waals surface area contributed by atoms with Gasteiger partial charge in [-0.15, -0.1) is 0 Å². The van der Waals surface area contributed by atoms with E-state index in [4.69, 9.17) is 10.2 Å². The van der Waals surface area contributed by atoms with Crippen molar-refractivity contribution in [1.82, 2.24) is 4.90 Å². The summed E-state index contributed by atoms with van der Waals surface area (Å²) in [5.74, 6) is 1.03. The Morgan fingerprint density at radius 2 is 2.36 bits per heavy atom. The van der Waals surface area contributed by atoms with E-state index >= 15 is 0 Å². The summed E-state index contributed by atoms with van der Waals surface area (Å²) in [4.78, 5) is 2.29. The van der Waals surface area contributed by atoms with Crippen molar-refractivity contribution < 1.29 is 4.42 Å². The Bertz CT molecular complexity index is 277. The molecule has 2 rings (SSSR count). The molecule has 3 nitrogen and oxygen atoms in total. The molecule has 1 heterocycles. The van der Waals surface area contributed by atoms with Crippen LogP contribution in [0.5, 0.6) is 0 Å². The molecule has 1 aliphatic rings. The number of nitrogens with two attached hydrogens (primary N) is 1. The van der Waals surface area contributed by atoms with Gasteiger partial charge in [0.1, 0.15) is 5.76 Å². The van der Waals surface area contributed by atoms with E-state index < -0.39 is 0 Å². The molecule has 0 bridgehead atoms. The molecule has 1 aromatic rings. The SMILES string of the molecule is CN(Cc1ccco1)CC1(CN)CC1. The third-order valence-electron chi connectivity index (χ3n) is 3.00.